The van der Waals surface area contributed by atoms with E-state index in [-0.39, 0.29) is 11.7 Å². The highest BCUT2D eigenvalue weighted by Crippen LogP contribution is 2.32. The maximum absolute atomic E-state index is 11.7. The second-order valence-electron chi connectivity index (χ2n) is 7.22. The van der Waals surface area contributed by atoms with Crippen molar-refractivity contribution < 1.29 is 19.7 Å². The van der Waals surface area contributed by atoms with Crippen molar-refractivity contribution in [3.8, 4) is 0 Å². The monoisotopic (exact) mass is 390 g/mol. The Bertz CT molecular complexity index is 852. The van der Waals surface area contributed by atoms with E-state index in [0.29, 0.717) is 30.0 Å². The number of nitrogen functional groups attached to an aromatic ring is 1. The lowest BCUT2D eigenvalue weighted by Crippen LogP contribution is -2.31. The number of aliphatic hydroxyl groups excluding tert-OH is 2. The number of nitrogens with two attached hydrogens (primary N) is 1. The quantitative estimate of drug-likeness (QED) is 0.488. The molecule has 0 aliphatic carbocycles. The summed E-state index contributed by atoms with van der Waals surface area (Å²) in [6.07, 6.45) is 3.47. The highest BCUT2D eigenvalue weighted by Gasteiger charge is 2.43. The Balaban J connectivity index is 1.61. The summed E-state index contributed by atoms with van der Waals surface area (Å²) in [7, 11) is 0. The Morgan fingerprint density at radius 2 is 2.14 bits per heavy atom. The van der Waals surface area contributed by atoms with Crippen LogP contribution in [-0.2, 0) is 9.53 Å². The number of carbonyl (C=O) groups excluding carboxylic acids is 1. The zero-order valence-electron chi connectivity index (χ0n) is 15.9. The molecular formula is C18H26N6O4. The van der Waals surface area contributed by atoms with Gasteiger partial charge in [0.15, 0.2) is 17.7 Å². The molecule has 0 spiro atoms. The molecule has 0 radical (unpaired) electrons. The minimum absolute atomic E-state index is 0.0219. The Morgan fingerprint density at radius 1 is 1.36 bits per heavy atom. The predicted molar refractivity (Wildman–Crippen MR) is 102 cm³/mol. The van der Waals surface area contributed by atoms with Gasteiger partial charge in [-0.15, -0.1) is 0 Å². The Hall–Kier alpha value is -2.56. The van der Waals surface area contributed by atoms with Crippen molar-refractivity contribution in [1.29, 1.82) is 0 Å². The summed E-state index contributed by atoms with van der Waals surface area (Å²) in [6.45, 7) is 4.46. The predicted octanol–water partition coefficient (Wildman–Crippen LogP) is 0.136. The van der Waals surface area contributed by atoms with Crippen LogP contribution in [0.5, 0.6) is 0 Å². The summed E-state index contributed by atoms with van der Waals surface area (Å²) < 4.78 is 7.30. The SMILES string of the molecule is CC(C)CCC(=O)NC/C=C/[C@H]1O[C@@H](n2cnc3c(N)ncnc32)[C@H](O)[C@@H]1O. The lowest BCUT2D eigenvalue weighted by molar-refractivity contribution is -0.121. The van der Waals surface area contributed by atoms with Crippen LogP contribution in [0.25, 0.3) is 11.2 Å². The summed E-state index contributed by atoms with van der Waals surface area (Å²) in [5.41, 5.74) is 6.58. The van der Waals surface area contributed by atoms with E-state index < -0.39 is 24.5 Å². The van der Waals surface area contributed by atoms with Gasteiger partial charge in [0.2, 0.25) is 5.91 Å². The van der Waals surface area contributed by atoms with E-state index in [1.807, 2.05) is 0 Å². The second kappa shape index (κ2) is 8.63. The lowest BCUT2D eigenvalue weighted by Gasteiger charge is -2.16. The molecule has 5 N–H and O–H groups in total. The molecule has 28 heavy (non-hydrogen) atoms. The molecule has 2 aromatic rings. The van der Waals surface area contributed by atoms with Crippen LogP contribution in [0.15, 0.2) is 24.8 Å². The fourth-order valence-electron chi connectivity index (χ4n) is 3.01. The number of amides is 1. The van der Waals surface area contributed by atoms with Gasteiger partial charge in [0.25, 0.3) is 0 Å². The first-order valence-electron chi connectivity index (χ1n) is 9.26. The molecule has 3 heterocycles. The summed E-state index contributed by atoms with van der Waals surface area (Å²) in [5.74, 6) is 0.675. The van der Waals surface area contributed by atoms with Gasteiger partial charge in [-0.1, -0.05) is 26.0 Å². The van der Waals surface area contributed by atoms with Gasteiger partial charge >= 0.3 is 0 Å². The van der Waals surface area contributed by atoms with Gasteiger partial charge in [0.05, 0.1) is 6.33 Å². The van der Waals surface area contributed by atoms with Crippen LogP contribution < -0.4 is 11.1 Å². The van der Waals surface area contributed by atoms with Crippen LogP contribution >= 0.6 is 0 Å². The molecule has 0 aromatic carbocycles. The molecule has 3 rings (SSSR count). The second-order valence-corrected chi connectivity index (χ2v) is 7.22. The molecular weight excluding hydrogens is 364 g/mol. The number of hydrogen-bond donors (Lipinski definition) is 4. The number of nitrogens with one attached hydrogen (secondary N) is 1. The third-order valence-corrected chi connectivity index (χ3v) is 4.63. The van der Waals surface area contributed by atoms with Crippen molar-refractivity contribution in [2.24, 2.45) is 5.92 Å². The number of fused-ring (bicyclic) bond motifs is 1. The average molecular weight is 390 g/mol. The number of hydrogen-bond acceptors (Lipinski definition) is 8. The number of imidazole rings is 1. The number of anilines is 1. The number of aliphatic hydroxyl groups is 2. The molecule has 1 amide bonds. The Labute approximate surface area is 162 Å². The van der Waals surface area contributed by atoms with E-state index in [4.69, 9.17) is 10.5 Å². The number of nitrogens with zero attached hydrogens (tertiary/aromatic N) is 4. The van der Waals surface area contributed by atoms with Crippen molar-refractivity contribution in [2.75, 3.05) is 12.3 Å². The highest BCUT2D eigenvalue weighted by molar-refractivity contribution is 5.81. The smallest absolute Gasteiger partial charge is 0.220 e. The number of carbonyl (C=O) groups is 1. The minimum atomic E-state index is -1.18. The highest BCUT2D eigenvalue weighted by atomic mass is 16.6. The van der Waals surface area contributed by atoms with E-state index in [1.54, 1.807) is 12.2 Å². The van der Waals surface area contributed by atoms with Crippen molar-refractivity contribution in [2.45, 2.75) is 51.2 Å². The van der Waals surface area contributed by atoms with Gasteiger partial charge in [-0.25, -0.2) is 15.0 Å². The van der Waals surface area contributed by atoms with E-state index in [0.717, 1.165) is 6.42 Å². The van der Waals surface area contributed by atoms with Gasteiger partial charge in [0, 0.05) is 13.0 Å². The molecule has 10 heteroatoms. The average Bonchev–Trinajstić information content (AvgIpc) is 3.20. The fraction of sp³-hybridized carbons (Fsp3) is 0.556. The third kappa shape index (κ3) is 4.29. The number of ether oxygens (including phenoxy) is 1. The van der Waals surface area contributed by atoms with Gasteiger partial charge < -0.3 is 26.0 Å². The maximum atomic E-state index is 11.7. The van der Waals surface area contributed by atoms with E-state index in [9.17, 15) is 15.0 Å². The largest absolute Gasteiger partial charge is 0.387 e. The summed E-state index contributed by atoms with van der Waals surface area (Å²) >= 11 is 0. The lowest BCUT2D eigenvalue weighted by atomic mass is 10.1. The zero-order valence-corrected chi connectivity index (χ0v) is 15.9. The summed E-state index contributed by atoms with van der Waals surface area (Å²) in [4.78, 5) is 23.9. The van der Waals surface area contributed by atoms with Gasteiger partial charge in [0.1, 0.15) is 30.2 Å². The summed E-state index contributed by atoms with van der Waals surface area (Å²) in [5, 5.41) is 23.5. The van der Waals surface area contributed by atoms with Crippen LogP contribution in [0, 0.1) is 5.92 Å². The fourth-order valence-corrected chi connectivity index (χ4v) is 3.01. The van der Waals surface area contributed by atoms with Gasteiger partial charge in [-0.3, -0.25) is 9.36 Å². The van der Waals surface area contributed by atoms with E-state index in [1.165, 1.54) is 17.2 Å². The Kier molecular flexibility index (Phi) is 6.22. The molecule has 1 saturated heterocycles. The van der Waals surface area contributed by atoms with E-state index >= 15 is 0 Å². The first kappa shape index (κ1) is 20.2. The van der Waals surface area contributed by atoms with E-state index in [2.05, 4.69) is 34.1 Å². The van der Waals surface area contributed by atoms with Crippen LogP contribution in [0.4, 0.5) is 5.82 Å². The van der Waals surface area contributed by atoms with Crippen LogP contribution in [0.2, 0.25) is 0 Å². The maximum Gasteiger partial charge on any atom is 0.220 e. The molecule has 152 valence electrons. The third-order valence-electron chi connectivity index (χ3n) is 4.63. The standard InChI is InChI=1S/C18H26N6O4/c1-10(2)5-6-12(25)20-7-3-4-11-14(26)15(27)18(28-11)24-9-23-13-16(19)21-8-22-17(13)24/h3-4,8-11,14-15,18,26-27H,5-7H2,1-2H3,(H,20,25)(H2,19,21,22)/b4-3+/t11-,14-,15-,18-/m1/s1. The van der Waals surface area contributed by atoms with Gasteiger partial charge in [-0.05, 0) is 12.3 Å². The topological polar surface area (TPSA) is 148 Å². The summed E-state index contributed by atoms with van der Waals surface area (Å²) in [6, 6.07) is 0. The van der Waals surface area contributed by atoms with Crippen molar-refractivity contribution >= 4 is 22.9 Å². The van der Waals surface area contributed by atoms with Crippen LogP contribution in [0.1, 0.15) is 32.9 Å². The zero-order chi connectivity index (χ0) is 20.3. The first-order valence-corrected chi connectivity index (χ1v) is 9.26. The first-order chi connectivity index (χ1) is 13.4. The molecule has 10 nitrogen and oxygen atoms in total. The van der Waals surface area contributed by atoms with Gasteiger partial charge in [-0.2, -0.15) is 0 Å². The molecule has 0 bridgehead atoms. The molecule has 1 aliphatic heterocycles. The van der Waals surface area contributed by atoms with Crippen LogP contribution in [0.3, 0.4) is 0 Å². The minimum Gasteiger partial charge on any atom is -0.387 e. The molecule has 1 aliphatic rings. The van der Waals surface area contributed by atoms with Crippen molar-refractivity contribution in [3.05, 3.63) is 24.8 Å². The molecule has 1 fully saturated rings. The van der Waals surface area contributed by atoms with Crippen molar-refractivity contribution in [1.82, 2.24) is 24.8 Å². The number of rotatable bonds is 7. The molecule has 0 saturated carbocycles. The van der Waals surface area contributed by atoms with Crippen molar-refractivity contribution in [3.63, 3.8) is 0 Å². The normalized spacial score (nSPS) is 25.2. The molecule has 2 aromatic heterocycles. The molecule has 0 unspecified atom stereocenters. The number of aromatic nitrogens is 4. The van der Waals surface area contributed by atoms with Crippen LogP contribution in [-0.4, -0.2) is 60.5 Å². The Morgan fingerprint density at radius 3 is 2.89 bits per heavy atom. The molecule has 4 atom stereocenters.